The highest BCUT2D eigenvalue weighted by atomic mass is 16.6. The Kier molecular flexibility index (Phi) is 4.78. The molecule has 1 aromatic carbocycles. The molecule has 0 spiro atoms. The van der Waals surface area contributed by atoms with Gasteiger partial charge in [0, 0.05) is 0 Å². The van der Waals surface area contributed by atoms with Gasteiger partial charge in [-0.1, -0.05) is 12.1 Å². The molecule has 0 bridgehead atoms. The lowest BCUT2D eigenvalue weighted by atomic mass is 10.0. The number of hydrogen-bond acceptors (Lipinski definition) is 4. The third-order valence-electron chi connectivity index (χ3n) is 2.45. The quantitative estimate of drug-likeness (QED) is 0.785. The minimum absolute atomic E-state index is 0.128. The molecule has 0 aliphatic heterocycles. The van der Waals surface area contributed by atoms with E-state index >= 15 is 0 Å². The van der Waals surface area contributed by atoms with Gasteiger partial charge in [-0.2, -0.15) is 0 Å². The molecule has 1 aromatic rings. The highest BCUT2D eigenvalue weighted by molar-refractivity contribution is 5.68. The Labute approximate surface area is 113 Å². The molecule has 5 nitrogen and oxygen atoms in total. The van der Waals surface area contributed by atoms with E-state index in [1.165, 1.54) is 12.1 Å². The van der Waals surface area contributed by atoms with Crippen LogP contribution >= 0.6 is 0 Å². The van der Waals surface area contributed by atoms with Crippen molar-refractivity contribution in [2.24, 2.45) is 0 Å². The number of benzene rings is 1. The average molecular weight is 267 g/mol. The second kappa shape index (κ2) is 5.93. The van der Waals surface area contributed by atoms with Gasteiger partial charge in [-0.3, -0.25) is 0 Å². The van der Waals surface area contributed by atoms with Crippen molar-refractivity contribution in [1.82, 2.24) is 5.32 Å². The lowest BCUT2D eigenvalue weighted by Gasteiger charge is -2.24. The van der Waals surface area contributed by atoms with Crippen LogP contribution in [0.2, 0.25) is 0 Å². The summed E-state index contributed by atoms with van der Waals surface area (Å²) in [6.07, 6.45) is -1.44. The molecule has 0 heterocycles. The number of ether oxygens (including phenoxy) is 1. The van der Waals surface area contributed by atoms with Crippen LogP contribution in [-0.4, -0.2) is 27.9 Å². The molecule has 106 valence electrons. The smallest absolute Gasteiger partial charge is 0.407 e. The fourth-order valence-electron chi connectivity index (χ4n) is 1.53. The van der Waals surface area contributed by atoms with E-state index in [9.17, 15) is 15.0 Å². The van der Waals surface area contributed by atoms with Crippen LogP contribution in [0.3, 0.4) is 0 Å². The van der Waals surface area contributed by atoms with Crippen LogP contribution in [0.5, 0.6) is 5.75 Å². The lowest BCUT2D eigenvalue weighted by Crippen LogP contribution is -2.40. The van der Waals surface area contributed by atoms with Crippen molar-refractivity contribution >= 4 is 6.09 Å². The fraction of sp³-hybridized carbons (Fsp3) is 0.500. The molecule has 0 saturated carbocycles. The van der Waals surface area contributed by atoms with E-state index in [4.69, 9.17) is 4.74 Å². The van der Waals surface area contributed by atoms with Crippen LogP contribution in [0, 0.1) is 0 Å². The van der Waals surface area contributed by atoms with Crippen molar-refractivity contribution in [3.05, 3.63) is 29.8 Å². The van der Waals surface area contributed by atoms with Gasteiger partial charge in [0.1, 0.15) is 11.4 Å². The molecule has 0 saturated heterocycles. The van der Waals surface area contributed by atoms with Crippen LogP contribution in [0.4, 0.5) is 4.79 Å². The zero-order valence-electron chi connectivity index (χ0n) is 11.7. The van der Waals surface area contributed by atoms with Crippen molar-refractivity contribution < 1.29 is 19.7 Å². The number of phenolic OH excluding ortho intramolecular Hbond substituents is 1. The Bertz CT molecular complexity index is 422. The first-order chi connectivity index (χ1) is 8.69. The normalized spacial score (nSPS) is 14.6. The molecule has 0 aliphatic rings. The van der Waals surface area contributed by atoms with Crippen molar-refractivity contribution in [3.63, 3.8) is 0 Å². The number of phenols is 1. The SMILES string of the molecule is C[C@H](NC(=O)OC(C)(C)C)[C@H](O)c1ccc(O)cc1. The maximum Gasteiger partial charge on any atom is 0.407 e. The summed E-state index contributed by atoms with van der Waals surface area (Å²) in [6, 6.07) is 5.68. The predicted octanol–water partition coefficient (Wildman–Crippen LogP) is 2.34. The molecule has 1 amide bonds. The third kappa shape index (κ3) is 5.18. The molecular formula is C14H21NO4. The molecule has 0 fully saturated rings. The van der Waals surface area contributed by atoms with E-state index in [2.05, 4.69) is 5.32 Å². The van der Waals surface area contributed by atoms with Gasteiger partial charge in [-0.05, 0) is 45.4 Å². The van der Waals surface area contributed by atoms with Gasteiger partial charge in [0.05, 0.1) is 12.1 Å². The molecule has 0 aliphatic carbocycles. The Balaban J connectivity index is 2.60. The summed E-state index contributed by atoms with van der Waals surface area (Å²) in [5.74, 6) is 0.128. The molecule has 2 atom stereocenters. The summed E-state index contributed by atoms with van der Waals surface area (Å²) < 4.78 is 5.11. The highest BCUT2D eigenvalue weighted by Gasteiger charge is 2.22. The third-order valence-corrected chi connectivity index (χ3v) is 2.45. The number of carbonyl (C=O) groups excluding carboxylic acids is 1. The van der Waals surface area contributed by atoms with Gasteiger partial charge in [-0.15, -0.1) is 0 Å². The molecule has 19 heavy (non-hydrogen) atoms. The first kappa shape index (κ1) is 15.3. The number of nitrogens with one attached hydrogen (secondary N) is 1. The van der Waals surface area contributed by atoms with Crippen LogP contribution < -0.4 is 5.32 Å². The number of rotatable bonds is 3. The van der Waals surface area contributed by atoms with Gasteiger partial charge >= 0.3 is 6.09 Å². The number of aliphatic hydroxyl groups excluding tert-OH is 1. The van der Waals surface area contributed by atoms with Crippen molar-refractivity contribution in [2.45, 2.75) is 45.4 Å². The number of carbonyl (C=O) groups is 1. The highest BCUT2D eigenvalue weighted by Crippen LogP contribution is 2.19. The van der Waals surface area contributed by atoms with Gasteiger partial charge in [-0.25, -0.2) is 4.79 Å². The zero-order valence-corrected chi connectivity index (χ0v) is 11.7. The molecule has 3 N–H and O–H groups in total. The topological polar surface area (TPSA) is 78.8 Å². The van der Waals surface area contributed by atoms with E-state index < -0.39 is 23.8 Å². The molecule has 0 unspecified atom stereocenters. The summed E-state index contributed by atoms with van der Waals surface area (Å²) >= 11 is 0. The molecule has 1 rings (SSSR count). The lowest BCUT2D eigenvalue weighted by molar-refractivity contribution is 0.0435. The minimum Gasteiger partial charge on any atom is -0.508 e. The van der Waals surface area contributed by atoms with Gasteiger partial charge in [0.2, 0.25) is 0 Å². The first-order valence-electron chi connectivity index (χ1n) is 6.15. The van der Waals surface area contributed by atoms with Gasteiger partial charge in [0.25, 0.3) is 0 Å². The Morgan fingerprint density at radius 3 is 2.26 bits per heavy atom. The molecule has 0 radical (unpaired) electrons. The molecular weight excluding hydrogens is 246 g/mol. The Hall–Kier alpha value is -1.75. The number of aliphatic hydroxyl groups is 1. The van der Waals surface area contributed by atoms with Crippen LogP contribution in [0.1, 0.15) is 39.4 Å². The van der Waals surface area contributed by atoms with Crippen LogP contribution in [-0.2, 0) is 4.74 Å². The summed E-state index contributed by atoms with van der Waals surface area (Å²) in [4.78, 5) is 11.6. The molecule has 5 heteroatoms. The fourth-order valence-corrected chi connectivity index (χ4v) is 1.53. The average Bonchev–Trinajstić information content (AvgIpc) is 2.26. The Morgan fingerprint density at radius 1 is 1.26 bits per heavy atom. The Morgan fingerprint density at radius 2 is 1.79 bits per heavy atom. The maximum atomic E-state index is 11.6. The van der Waals surface area contributed by atoms with Crippen molar-refractivity contribution in [3.8, 4) is 5.75 Å². The van der Waals surface area contributed by atoms with Crippen LogP contribution in [0.25, 0.3) is 0 Å². The summed E-state index contributed by atoms with van der Waals surface area (Å²) in [7, 11) is 0. The second-order valence-electron chi connectivity index (χ2n) is 5.47. The molecule has 0 aromatic heterocycles. The zero-order chi connectivity index (χ0) is 14.6. The monoisotopic (exact) mass is 267 g/mol. The van der Waals surface area contributed by atoms with E-state index in [1.54, 1.807) is 39.8 Å². The van der Waals surface area contributed by atoms with E-state index in [0.29, 0.717) is 5.56 Å². The van der Waals surface area contributed by atoms with E-state index in [1.807, 2.05) is 0 Å². The van der Waals surface area contributed by atoms with Gasteiger partial charge in [0.15, 0.2) is 0 Å². The van der Waals surface area contributed by atoms with Gasteiger partial charge < -0.3 is 20.3 Å². The first-order valence-corrected chi connectivity index (χ1v) is 6.15. The summed E-state index contributed by atoms with van der Waals surface area (Å²) in [5.41, 5.74) is 0.0363. The summed E-state index contributed by atoms with van der Waals surface area (Å²) in [6.45, 7) is 7.00. The van der Waals surface area contributed by atoms with Crippen molar-refractivity contribution in [2.75, 3.05) is 0 Å². The summed E-state index contributed by atoms with van der Waals surface area (Å²) in [5, 5.41) is 21.8. The standard InChI is InChI=1S/C14H21NO4/c1-9(15-13(18)19-14(2,3)4)12(17)10-5-7-11(16)8-6-10/h5-9,12,16-17H,1-4H3,(H,15,18)/t9-,12-/m0/s1. The minimum atomic E-state index is -0.867. The second-order valence-corrected chi connectivity index (χ2v) is 5.47. The number of aromatic hydroxyl groups is 1. The van der Waals surface area contributed by atoms with E-state index in [0.717, 1.165) is 0 Å². The van der Waals surface area contributed by atoms with E-state index in [-0.39, 0.29) is 5.75 Å². The predicted molar refractivity (Wildman–Crippen MR) is 71.9 cm³/mol. The number of alkyl carbamates (subject to hydrolysis) is 1. The van der Waals surface area contributed by atoms with Crippen molar-refractivity contribution in [1.29, 1.82) is 0 Å². The number of hydrogen-bond donors (Lipinski definition) is 3. The number of amides is 1. The maximum absolute atomic E-state index is 11.6. The largest absolute Gasteiger partial charge is 0.508 e. The van der Waals surface area contributed by atoms with Crippen LogP contribution in [0.15, 0.2) is 24.3 Å².